The van der Waals surface area contributed by atoms with E-state index in [0.29, 0.717) is 0 Å². The first-order valence-electron chi connectivity index (χ1n) is 12.4. The molecule has 0 bridgehead atoms. The smallest absolute Gasteiger partial charge is 0.255 e. The number of ketones is 2. The van der Waals surface area contributed by atoms with E-state index in [1.54, 1.807) is 18.9 Å². The maximum absolute atomic E-state index is 16.0. The van der Waals surface area contributed by atoms with Crippen LogP contribution in [0.1, 0.15) is 34.8 Å². The van der Waals surface area contributed by atoms with E-state index in [1.165, 1.54) is 19.0 Å². The highest BCUT2D eigenvalue weighted by Gasteiger charge is 2.63. The van der Waals surface area contributed by atoms with Crippen LogP contribution in [0.15, 0.2) is 22.7 Å². The summed E-state index contributed by atoms with van der Waals surface area (Å²) in [7, 11) is 4.65. The van der Waals surface area contributed by atoms with E-state index < -0.39 is 92.7 Å². The Morgan fingerprint density at radius 2 is 1.82 bits per heavy atom. The summed E-state index contributed by atoms with van der Waals surface area (Å²) in [6.45, 7) is 1.56. The molecule has 5 rings (SSSR count). The number of carbonyl (C=O) groups excluding carboxylic acids is 4. The number of halogens is 1. The number of fused-ring (bicyclic) bond motifs is 4. The number of nitrogens with zero attached hydrogens (tertiary/aromatic N) is 2. The van der Waals surface area contributed by atoms with Crippen LogP contribution in [0.3, 0.4) is 0 Å². The molecule has 5 atom stereocenters. The van der Waals surface area contributed by atoms with Crippen LogP contribution in [0.25, 0.3) is 0 Å². The van der Waals surface area contributed by atoms with Crippen LogP contribution < -0.4 is 11.1 Å². The third kappa shape index (κ3) is 3.39. The van der Waals surface area contributed by atoms with Crippen LogP contribution in [-0.2, 0) is 27.3 Å². The van der Waals surface area contributed by atoms with E-state index in [2.05, 4.69) is 5.32 Å². The van der Waals surface area contributed by atoms with E-state index >= 15 is 4.39 Å². The second kappa shape index (κ2) is 8.60. The molecule has 0 unspecified atom stereocenters. The number of aromatic hydroxyl groups is 1. The van der Waals surface area contributed by atoms with Gasteiger partial charge >= 0.3 is 0 Å². The monoisotopic (exact) mass is 544 g/mol. The Morgan fingerprint density at radius 1 is 1.18 bits per heavy atom. The van der Waals surface area contributed by atoms with Gasteiger partial charge in [-0.3, -0.25) is 29.0 Å². The number of Topliss-reactive ketones (excluding diaryl/α,β-unsaturated/α-hetero) is 2. The highest BCUT2D eigenvalue weighted by Crippen LogP contribution is 2.53. The Kier molecular flexibility index (Phi) is 5.90. The van der Waals surface area contributed by atoms with Gasteiger partial charge in [0.05, 0.1) is 23.3 Å². The van der Waals surface area contributed by atoms with Crippen LogP contribution in [0.4, 0.5) is 10.1 Å². The molecule has 0 radical (unpaired) electrons. The minimum Gasteiger partial charge on any atom is -0.510 e. The standard InChI is InChI=1S/C26H29FN4O8/c1-8-25(38)29-17-11(7-31(8)4)16(27)10-5-9-6-12-18(30(2)3)21(34)15(24(28)37)23(36)26(12,39)22(35)13(9)19(32)14(10)20(17)33/h8-9,12,18,33-35,39H,5-7H2,1-4H3,(H2,28,37)(H,29,38)/t8-,9-,12-,18-,26-/m0/s1. The highest BCUT2D eigenvalue weighted by atomic mass is 19.1. The lowest BCUT2D eigenvalue weighted by atomic mass is 9.58. The molecule has 0 spiro atoms. The second-order valence-electron chi connectivity index (χ2n) is 10.9. The number of phenols is 1. The van der Waals surface area contributed by atoms with Gasteiger partial charge in [0, 0.05) is 29.2 Å². The molecule has 12 nitrogen and oxygen atoms in total. The van der Waals surface area contributed by atoms with E-state index in [1.807, 2.05) is 0 Å². The van der Waals surface area contributed by atoms with Crippen molar-refractivity contribution >= 4 is 29.1 Å². The predicted molar refractivity (Wildman–Crippen MR) is 133 cm³/mol. The van der Waals surface area contributed by atoms with Gasteiger partial charge in [-0.05, 0) is 46.8 Å². The van der Waals surface area contributed by atoms with Crippen molar-refractivity contribution < 1.29 is 44.0 Å². The van der Waals surface area contributed by atoms with Crippen molar-refractivity contribution in [2.24, 2.45) is 17.6 Å². The zero-order valence-corrected chi connectivity index (χ0v) is 21.7. The molecule has 1 aromatic rings. The molecule has 39 heavy (non-hydrogen) atoms. The van der Waals surface area contributed by atoms with Crippen LogP contribution in [-0.4, -0.2) is 92.4 Å². The van der Waals surface area contributed by atoms with Gasteiger partial charge in [-0.15, -0.1) is 0 Å². The van der Waals surface area contributed by atoms with E-state index in [9.17, 15) is 39.6 Å². The Bertz CT molecular complexity index is 1450. The van der Waals surface area contributed by atoms with Gasteiger partial charge in [0.15, 0.2) is 17.1 Å². The number of carbonyl (C=O) groups is 4. The molecule has 1 aliphatic heterocycles. The van der Waals surface area contributed by atoms with Crippen molar-refractivity contribution in [3.63, 3.8) is 0 Å². The maximum atomic E-state index is 16.0. The van der Waals surface area contributed by atoms with Gasteiger partial charge in [0.2, 0.25) is 11.7 Å². The SMILES string of the molecule is C[C@H]1C(=O)Nc2c(O)c3c(c(F)c2CN1C)C[C@H]1C[C@H]2[C@H](N(C)C)C(O)=C(C(N)=O)C(=O)[C@@]2(O)C(O)=C1C3=O. The number of hydrogen-bond donors (Lipinski definition) is 6. The summed E-state index contributed by atoms with van der Waals surface area (Å²) in [6, 6.07) is -1.81. The first-order chi connectivity index (χ1) is 18.1. The minimum absolute atomic E-state index is 0.00564. The molecule has 208 valence electrons. The predicted octanol–water partition coefficient (Wildman–Crippen LogP) is 0.0321. The molecule has 0 saturated carbocycles. The molecule has 0 fully saturated rings. The number of nitrogens with one attached hydrogen (secondary N) is 1. The van der Waals surface area contributed by atoms with Crippen LogP contribution in [0, 0.1) is 17.7 Å². The Labute approximate surface area is 222 Å². The second-order valence-corrected chi connectivity index (χ2v) is 10.9. The maximum Gasteiger partial charge on any atom is 0.255 e. The third-order valence-electron chi connectivity index (χ3n) is 8.62. The Hall–Kier alpha value is -3.81. The minimum atomic E-state index is -2.79. The molecule has 7 N–H and O–H groups in total. The van der Waals surface area contributed by atoms with Crippen molar-refractivity contribution in [1.82, 2.24) is 9.80 Å². The van der Waals surface area contributed by atoms with Gasteiger partial charge in [0.1, 0.15) is 22.9 Å². The molecule has 0 aromatic heterocycles. The number of aliphatic hydroxyl groups excluding tert-OH is 2. The summed E-state index contributed by atoms with van der Waals surface area (Å²) in [5.41, 5.74) is 0.312. The molecule has 1 aromatic carbocycles. The number of likely N-dealkylation sites (N-methyl/N-ethyl adjacent to an activating group) is 2. The summed E-state index contributed by atoms with van der Waals surface area (Å²) in [6.07, 6.45) is -0.342. The molecular formula is C26H29FN4O8. The quantitative estimate of drug-likeness (QED) is 0.219. The summed E-state index contributed by atoms with van der Waals surface area (Å²) in [5.74, 6) is -9.58. The summed E-state index contributed by atoms with van der Waals surface area (Å²) < 4.78 is 16.0. The fourth-order valence-electron chi connectivity index (χ4n) is 6.50. The lowest BCUT2D eigenvalue weighted by Crippen LogP contribution is -2.63. The molecule has 0 saturated heterocycles. The van der Waals surface area contributed by atoms with Crippen LogP contribution >= 0.6 is 0 Å². The van der Waals surface area contributed by atoms with Gasteiger partial charge in [-0.2, -0.15) is 0 Å². The molecule has 4 aliphatic rings. The van der Waals surface area contributed by atoms with E-state index in [4.69, 9.17) is 5.73 Å². The zero-order valence-electron chi connectivity index (χ0n) is 21.7. The van der Waals surface area contributed by atoms with Gasteiger partial charge in [-0.1, -0.05) is 0 Å². The first-order valence-corrected chi connectivity index (χ1v) is 12.4. The summed E-state index contributed by atoms with van der Waals surface area (Å²) in [4.78, 5) is 54.8. The first kappa shape index (κ1) is 26.8. The Balaban J connectivity index is 1.73. The number of benzene rings is 1. The number of phenolic OH excluding ortho intramolecular Hbond substituents is 1. The molecular weight excluding hydrogens is 515 g/mol. The fraction of sp³-hybridized carbons (Fsp3) is 0.462. The average Bonchev–Trinajstić information content (AvgIpc) is 2.96. The van der Waals surface area contributed by atoms with Crippen molar-refractivity contribution in [3.05, 3.63) is 45.2 Å². The topological polar surface area (TPSA) is 194 Å². The van der Waals surface area contributed by atoms with E-state index in [-0.39, 0.29) is 36.2 Å². The van der Waals surface area contributed by atoms with Crippen molar-refractivity contribution in [2.75, 3.05) is 26.5 Å². The highest BCUT2D eigenvalue weighted by molar-refractivity contribution is 6.25. The van der Waals surface area contributed by atoms with Crippen molar-refractivity contribution in [2.45, 2.75) is 44.0 Å². The van der Waals surface area contributed by atoms with Crippen LogP contribution in [0.2, 0.25) is 0 Å². The van der Waals surface area contributed by atoms with Gasteiger partial charge in [0.25, 0.3) is 5.91 Å². The van der Waals surface area contributed by atoms with Crippen molar-refractivity contribution in [1.29, 1.82) is 0 Å². The molecule has 1 heterocycles. The van der Waals surface area contributed by atoms with Gasteiger partial charge in [-0.25, -0.2) is 4.39 Å². The zero-order chi connectivity index (χ0) is 28.9. The molecule has 2 amide bonds. The number of primary amides is 1. The average molecular weight is 545 g/mol. The number of allylic oxidation sites excluding steroid dienone is 1. The largest absolute Gasteiger partial charge is 0.510 e. The number of aliphatic hydroxyl groups is 3. The lowest BCUT2D eigenvalue weighted by Gasteiger charge is -2.50. The summed E-state index contributed by atoms with van der Waals surface area (Å²) in [5, 5.41) is 47.4. The number of hydrogen-bond acceptors (Lipinski definition) is 10. The fourth-order valence-corrected chi connectivity index (χ4v) is 6.50. The number of anilines is 1. The number of rotatable bonds is 2. The number of amides is 2. The van der Waals surface area contributed by atoms with Gasteiger partial charge < -0.3 is 31.5 Å². The normalized spacial score (nSPS) is 30.9. The number of nitrogens with two attached hydrogens (primary N) is 1. The van der Waals surface area contributed by atoms with E-state index in [0.717, 1.165) is 0 Å². The van der Waals surface area contributed by atoms with Crippen molar-refractivity contribution in [3.8, 4) is 5.75 Å². The molecule has 3 aliphatic carbocycles. The lowest BCUT2D eigenvalue weighted by molar-refractivity contribution is -0.148. The molecule has 13 heteroatoms. The Morgan fingerprint density at radius 3 is 2.41 bits per heavy atom. The van der Waals surface area contributed by atoms with Crippen LogP contribution in [0.5, 0.6) is 5.75 Å². The summed E-state index contributed by atoms with van der Waals surface area (Å²) >= 11 is 0. The third-order valence-corrected chi connectivity index (χ3v) is 8.62.